The van der Waals surface area contributed by atoms with Gasteiger partial charge in [-0.05, 0) is 12.3 Å². The molecule has 2 rings (SSSR count). The van der Waals surface area contributed by atoms with E-state index >= 15 is 0 Å². The Morgan fingerprint density at radius 3 is 2.45 bits per heavy atom. The first-order valence-corrected chi connectivity index (χ1v) is 10.1. The number of nitrogens with zero attached hydrogens (tertiary/aromatic N) is 2. The summed E-state index contributed by atoms with van der Waals surface area (Å²) in [5.41, 5.74) is 0. The van der Waals surface area contributed by atoms with E-state index in [9.17, 15) is 13.2 Å². The van der Waals surface area contributed by atoms with Crippen molar-refractivity contribution in [2.24, 2.45) is 5.92 Å². The minimum absolute atomic E-state index is 0.0939. The molecule has 0 unspecified atom stereocenters. The van der Waals surface area contributed by atoms with Crippen molar-refractivity contribution in [2.45, 2.75) is 32.7 Å². The van der Waals surface area contributed by atoms with E-state index in [1.807, 2.05) is 6.92 Å². The minimum atomic E-state index is -3.26. The normalized spacial score (nSPS) is 27.3. The average molecular weight is 332 g/mol. The summed E-state index contributed by atoms with van der Waals surface area (Å²) in [5, 5.41) is 0. The van der Waals surface area contributed by atoms with Crippen LogP contribution in [0.15, 0.2) is 0 Å². The summed E-state index contributed by atoms with van der Waals surface area (Å²) in [6.45, 7) is 8.57. The standard InChI is InChI=1S/C15H28N2O4S/c1-3-9-22(19,20)12-15(18)17-10-13(4-2)14(11-17)16-5-7-21-8-6-16/h13-14H,3-12H2,1-2H3/t13-,14-/m1/s1. The maximum Gasteiger partial charge on any atom is 0.237 e. The van der Waals surface area contributed by atoms with Crippen LogP contribution in [0.2, 0.25) is 0 Å². The first-order valence-electron chi connectivity index (χ1n) is 8.26. The van der Waals surface area contributed by atoms with Gasteiger partial charge in [-0.1, -0.05) is 20.3 Å². The molecule has 1 amide bonds. The molecule has 2 saturated heterocycles. The van der Waals surface area contributed by atoms with E-state index in [2.05, 4.69) is 11.8 Å². The summed E-state index contributed by atoms with van der Waals surface area (Å²) < 4.78 is 29.1. The lowest BCUT2D eigenvalue weighted by Crippen LogP contribution is -2.47. The Bertz CT molecular complexity index is 474. The molecule has 2 aliphatic heterocycles. The van der Waals surface area contributed by atoms with Crippen molar-refractivity contribution in [3.63, 3.8) is 0 Å². The molecule has 2 aliphatic rings. The number of carbonyl (C=O) groups is 1. The Kier molecular flexibility index (Phi) is 6.23. The van der Waals surface area contributed by atoms with Crippen molar-refractivity contribution in [2.75, 3.05) is 50.9 Å². The Morgan fingerprint density at radius 2 is 1.86 bits per heavy atom. The van der Waals surface area contributed by atoms with Crippen LogP contribution in [0.3, 0.4) is 0 Å². The Labute approximate surface area is 133 Å². The van der Waals surface area contributed by atoms with Gasteiger partial charge in [0.15, 0.2) is 9.84 Å². The van der Waals surface area contributed by atoms with Crippen molar-refractivity contribution in [1.29, 1.82) is 0 Å². The van der Waals surface area contributed by atoms with E-state index in [4.69, 9.17) is 4.74 Å². The summed E-state index contributed by atoms with van der Waals surface area (Å²) in [6.07, 6.45) is 1.57. The number of likely N-dealkylation sites (tertiary alicyclic amines) is 1. The minimum Gasteiger partial charge on any atom is -0.379 e. The molecule has 22 heavy (non-hydrogen) atoms. The molecular weight excluding hydrogens is 304 g/mol. The maximum absolute atomic E-state index is 12.3. The topological polar surface area (TPSA) is 66.9 Å². The smallest absolute Gasteiger partial charge is 0.237 e. The predicted octanol–water partition coefficient (Wildman–Crippen LogP) is 0.380. The maximum atomic E-state index is 12.3. The van der Waals surface area contributed by atoms with Crippen molar-refractivity contribution in [3.8, 4) is 0 Å². The third kappa shape index (κ3) is 4.43. The highest BCUT2D eigenvalue weighted by atomic mass is 32.2. The van der Waals surface area contributed by atoms with Gasteiger partial charge < -0.3 is 9.64 Å². The van der Waals surface area contributed by atoms with E-state index in [-0.39, 0.29) is 17.4 Å². The SMILES string of the molecule is CCCS(=O)(=O)CC(=O)N1C[C@@H](CC)[C@H](N2CCOCC2)C1. The molecule has 0 saturated carbocycles. The summed E-state index contributed by atoms with van der Waals surface area (Å²) in [4.78, 5) is 16.5. The summed E-state index contributed by atoms with van der Waals surface area (Å²) in [5.74, 6) is -0.0531. The number of morpholine rings is 1. The number of ether oxygens (including phenoxy) is 1. The van der Waals surface area contributed by atoms with Crippen molar-refractivity contribution in [3.05, 3.63) is 0 Å². The Hall–Kier alpha value is -0.660. The van der Waals surface area contributed by atoms with Crippen LogP contribution in [-0.2, 0) is 19.4 Å². The highest BCUT2D eigenvalue weighted by Gasteiger charge is 2.38. The van der Waals surface area contributed by atoms with E-state index < -0.39 is 9.84 Å². The van der Waals surface area contributed by atoms with Crippen LogP contribution >= 0.6 is 0 Å². The van der Waals surface area contributed by atoms with Crippen molar-refractivity contribution >= 4 is 15.7 Å². The van der Waals surface area contributed by atoms with Gasteiger partial charge in [-0.2, -0.15) is 0 Å². The van der Waals surface area contributed by atoms with Crippen LogP contribution in [0, 0.1) is 5.92 Å². The van der Waals surface area contributed by atoms with Gasteiger partial charge in [0, 0.05) is 32.2 Å². The molecule has 2 fully saturated rings. The lowest BCUT2D eigenvalue weighted by Gasteiger charge is -2.34. The fourth-order valence-corrected chi connectivity index (χ4v) is 4.77. The summed E-state index contributed by atoms with van der Waals surface area (Å²) in [6, 6.07) is 0.340. The molecule has 0 spiro atoms. The number of rotatable bonds is 6. The molecule has 0 aromatic rings. The Morgan fingerprint density at radius 1 is 1.18 bits per heavy atom. The summed E-state index contributed by atoms with van der Waals surface area (Å²) in [7, 11) is -3.26. The number of carbonyl (C=O) groups excluding carboxylic acids is 1. The van der Waals surface area contributed by atoms with Gasteiger partial charge in [0.1, 0.15) is 5.75 Å². The highest BCUT2D eigenvalue weighted by molar-refractivity contribution is 7.92. The van der Waals surface area contributed by atoms with Crippen molar-refractivity contribution < 1.29 is 17.9 Å². The second-order valence-corrected chi connectivity index (χ2v) is 8.46. The second-order valence-electron chi connectivity index (χ2n) is 6.27. The van der Waals surface area contributed by atoms with E-state index in [0.717, 1.165) is 32.7 Å². The predicted molar refractivity (Wildman–Crippen MR) is 85.5 cm³/mol. The monoisotopic (exact) mass is 332 g/mol. The van der Waals surface area contributed by atoms with Gasteiger partial charge in [0.05, 0.1) is 19.0 Å². The number of hydrogen-bond acceptors (Lipinski definition) is 5. The summed E-state index contributed by atoms with van der Waals surface area (Å²) >= 11 is 0. The molecule has 128 valence electrons. The van der Waals surface area contributed by atoms with Gasteiger partial charge in [-0.3, -0.25) is 9.69 Å². The quantitative estimate of drug-likeness (QED) is 0.703. The van der Waals surface area contributed by atoms with Gasteiger partial charge in [0.2, 0.25) is 5.91 Å². The van der Waals surface area contributed by atoms with Crippen LogP contribution in [0.5, 0.6) is 0 Å². The average Bonchev–Trinajstić information content (AvgIpc) is 2.92. The van der Waals surface area contributed by atoms with E-state index in [0.29, 0.717) is 31.5 Å². The highest BCUT2D eigenvalue weighted by Crippen LogP contribution is 2.25. The molecule has 0 aliphatic carbocycles. The number of hydrogen-bond donors (Lipinski definition) is 0. The molecule has 0 bridgehead atoms. The van der Waals surface area contributed by atoms with Gasteiger partial charge in [-0.25, -0.2) is 8.42 Å². The molecular formula is C15H28N2O4S. The zero-order valence-corrected chi connectivity index (χ0v) is 14.5. The van der Waals surface area contributed by atoms with Crippen LogP contribution < -0.4 is 0 Å². The molecule has 0 aromatic heterocycles. The van der Waals surface area contributed by atoms with Crippen LogP contribution in [0.25, 0.3) is 0 Å². The van der Waals surface area contributed by atoms with Gasteiger partial charge in [-0.15, -0.1) is 0 Å². The molecule has 2 atom stereocenters. The fraction of sp³-hybridized carbons (Fsp3) is 0.933. The molecule has 0 N–H and O–H groups in total. The lowest BCUT2D eigenvalue weighted by atomic mass is 9.99. The lowest BCUT2D eigenvalue weighted by molar-refractivity contribution is -0.127. The fourth-order valence-electron chi connectivity index (χ4n) is 3.44. The van der Waals surface area contributed by atoms with Crippen molar-refractivity contribution in [1.82, 2.24) is 9.80 Å². The largest absolute Gasteiger partial charge is 0.379 e. The Balaban J connectivity index is 1.97. The van der Waals surface area contributed by atoms with E-state index in [1.165, 1.54) is 0 Å². The van der Waals surface area contributed by atoms with Gasteiger partial charge >= 0.3 is 0 Å². The number of sulfone groups is 1. The molecule has 7 heteroatoms. The molecule has 0 radical (unpaired) electrons. The second kappa shape index (κ2) is 7.75. The van der Waals surface area contributed by atoms with Gasteiger partial charge in [0.25, 0.3) is 0 Å². The zero-order valence-electron chi connectivity index (χ0n) is 13.7. The number of amides is 1. The van der Waals surface area contributed by atoms with E-state index in [1.54, 1.807) is 4.90 Å². The molecule has 2 heterocycles. The molecule has 0 aromatic carbocycles. The third-order valence-corrected chi connectivity index (χ3v) is 6.37. The molecule has 6 nitrogen and oxygen atoms in total. The van der Waals surface area contributed by atoms with Crippen LogP contribution in [0.4, 0.5) is 0 Å². The van der Waals surface area contributed by atoms with Crippen LogP contribution in [-0.4, -0.2) is 81.1 Å². The zero-order chi connectivity index (χ0) is 16.2. The first-order chi connectivity index (χ1) is 10.5. The van der Waals surface area contributed by atoms with Crippen LogP contribution in [0.1, 0.15) is 26.7 Å². The first kappa shape index (κ1) is 17.7. The third-order valence-electron chi connectivity index (χ3n) is 4.66.